The molecule has 3 rings (SSSR count). The quantitative estimate of drug-likeness (QED) is 0.778. The Labute approximate surface area is 109 Å². The van der Waals surface area contributed by atoms with E-state index in [1.807, 2.05) is 0 Å². The lowest BCUT2D eigenvalue weighted by atomic mass is 10.0. The van der Waals surface area contributed by atoms with Gasteiger partial charge in [0, 0.05) is 31.5 Å². The topological polar surface area (TPSA) is 64.2 Å². The van der Waals surface area contributed by atoms with E-state index in [4.69, 9.17) is 5.73 Å². The van der Waals surface area contributed by atoms with Gasteiger partial charge >= 0.3 is 6.03 Å². The fourth-order valence-corrected chi connectivity index (χ4v) is 2.91. The Hall–Kier alpha value is -1.66. The predicted molar refractivity (Wildman–Crippen MR) is 63.7 cm³/mol. The third-order valence-electron chi connectivity index (χ3n) is 3.87. The number of halogens is 2. The third-order valence-corrected chi connectivity index (χ3v) is 3.87. The van der Waals surface area contributed by atoms with Crippen LogP contribution in [0.2, 0.25) is 0 Å². The van der Waals surface area contributed by atoms with Gasteiger partial charge < -0.3 is 10.6 Å². The van der Waals surface area contributed by atoms with Crippen LogP contribution in [-0.2, 0) is 25.4 Å². The number of primary amides is 1. The first kappa shape index (κ1) is 12.4. The molecule has 0 radical (unpaired) electrons. The first-order chi connectivity index (χ1) is 8.99. The number of fused-ring (bicyclic) bond motifs is 3. The molecule has 0 aromatic carbocycles. The zero-order valence-corrected chi connectivity index (χ0v) is 10.5. The molecule has 2 amide bonds. The minimum Gasteiger partial charge on any atom is -0.351 e. The normalized spacial score (nSPS) is 21.5. The summed E-state index contributed by atoms with van der Waals surface area (Å²) >= 11 is 0. The van der Waals surface area contributed by atoms with Crippen LogP contribution >= 0.6 is 0 Å². The van der Waals surface area contributed by atoms with Crippen LogP contribution in [-0.4, -0.2) is 27.3 Å². The monoisotopic (exact) mass is 270 g/mol. The van der Waals surface area contributed by atoms with Crippen molar-refractivity contribution in [3.8, 4) is 0 Å². The number of alkyl halides is 2. The Morgan fingerprint density at radius 1 is 1.32 bits per heavy atom. The van der Waals surface area contributed by atoms with Crippen LogP contribution in [0.4, 0.5) is 13.6 Å². The van der Waals surface area contributed by atoms with Crippen molar-refractivity contribution in [1.29, 1.82) is 0 Å². The summed E-state index contributed by atoms with van der Waals surface area (Å²) in [5.41, 5.74) is 6.42. The summed E-state index contributed by atoms with van der Waals surface area (Å²) in [6.07, 6.45) is 1.55. The molecule has 0 atom stereocenters. The summed E-state index contributed by atoms with van der Waals surface area (Å²) in [5.74, 6) is -2.86. The first-order valence-corrected chi connectivity index (χ1v) is 6.50. The van der Waals surface area contributed by atoms with E-state index in [1.165, 1.54) is 9.58 Å². The number of hydrogen-bond acceptors (Lipinski definition) is 2. The van der Waals surface area contributed by atoms with E-state index in [0.717, 1.165) is 0 Å². The first-order valence-electron chi connectivity index (χ1n) is 6.50. The van der Waals surface area contributed by atoms with Gasteiger partial charge in [-0.05, 0) is 12.8 Å². The van der Waals surface area contributed by atoms with E-state index < -0.39 is 12.0 Å². The molecule has 2 aliphatic rings. The van der Waals surface area contributed by atoms with Crippen molar-refractivity contribution in [1.82, 2.24) is 14.7 Å². The Morgan fingerprint density at radius 2 is 2.11 bits per heavy atom. The van der Waals surface area contributed by atoms with Crippen molar-refractivity contribution >= 4 is 6.03 Å². The van der Waals surface area contributed by atoms with Crippen LogP contribution in [0.1, 0.15) is 36.2 Å². The molecule has 0 spiro atoms. The van der Waals surface area contributed by atoms with Crippen LogP contribution in [0.5, 0.6) is 0 Å². The third kappa shape index (κ3) is 1.97. The van der Waals surface area contributed by atoms with Crippen LogP contribution in [0.3, 0.4) is 0 Å². The second-order valence-electron chi connectivity index (χ2n) is 5.17. The average Bonchev–Trinajstić information content (AvgIpc) is 2.65. The van der Waals surface area contributed by atoms with E-state index in [9.17, 15) is 13.6 Å². The number of carbonyl (C=O) groups excluding carboxylic acids is 1. The van der Waals surface area contributed by atoms with Crippen LogP contribution < -0.4 is 5.73 Å². The van der Waals surface area contributed by atoms with E-state index in [2.05, 4.69) is 5.10 Å². The SMILES string of the molecule is NC(=O)N1CCc2nn3c(c2C1)C(F)(F)CCCC3. The zero-order chi connectivity index (χ0) is 13.6. The van der Waals surface area contributed by atoms with Crippen molar-refractivity contribution in [2.75, 3.05) is 6.54 Å². The van der Waals surface area contributed by atoms with Crippen LogP contribution in [0.25, 0.3) is 0 Å². The molecule has 104 valence electrons. The molecule has 3 heterocycles. The molecule has 7 heteroatoms. The minimum absolute atomic E-state index is 0.00838. The van der Waals surface area contributed by atoms with Gasteiger partial charge in [0.05, 0.1) is 12.2 Å². The van der Waals surface area contributed by atoms with E-state index in [1.54, 1.807) is 0 Å². The molecule has 1 aromatic heterocycles. The van der Waals surface area contributed by atoms with Gasteiger partial charge in [0.15, 0.2) is 0 Å². The summed E-state index contributed by atoms with van der Waals surface area (Å²) in [5, 5.41) is 4.30. The number of amides is 2. The fourth-order valence-electron chi connectivity index (χ4n) is 2.91. The maximum absolute atomic E-state index is 14.2. The summed E-state index contributed by atoms with van der Waals surface area (Å²) in [7, 11) is 0. The summed E-state index contributed by atoms with van der Waals surface area (Å²) in [6.45, 7) is 1.12. The Morgan fingerprint density at radius 3 is 2.84 bits per heavy atom. The van der Waals surface area contributed by atoms with Crippen molar-refractivity contribution in [2.45, 2.75) is 44.7 Å². The number of nitrogens with two attached hydrogens (primary N) is 1. The molecule has 0 bridgehead atoms. The largest absolute Gasteiger partial charge is 0.351 e. The van der Waals surface area contributed by atoms with Gasteiger partial charge in [-0.2, -0.15) is 13.9 Å². The molecule has 5 nitrogen and oxygen atoms in total. The Balaban J connectivity index is 2.06. The maximum Gasteiger partial charge on any atom is 0.315 e. The van der Waals surface area contributed by atoms with E-state index >= 15 is 0 Å². The maximum atomic E-state index is 14.2. The lowest BCUT2D eigenvalue weighted by Gasteiger charge is -2.26. The number of urea groups is 1. The van der Waals surface area contributed by atoms with Crippen LogP contribution in [0, 0.1) is 0 Å². The van der Waals surface area contributed by atoms with Gasteiger partial charge in [-0.3, -0.25) is 4.68 Å². The smallest absolute Gasteiger partial charge is 0.315 e. The van der Waals surface area contributed by atoms with Crippen molar-refractivity contribution in [3.63, 3.8) is 0 Å². The molecule has 0 saturated carbocycles. The van der Waals surface area contributed by atoms with E-state index in [0.29, 0.717) is 43.6 Å². The lowest BCUT2D eigenvalue weighted by molar-refractivity contribution is -0.0203. The number of aromatic nitrogens is 2. The van der Waals surface area contributed by atoms with Gasteiger partial charge in [0.1, 0.15) is 5.69 Å². The highest BCUT2D eigenvalue weighted by Gasteiger charge is 2.41. The van der Waals surface area contributed by atoms with Crippen molar-refractivity contribution < 1.29 is 13.6 Å². The van der Waals surface area contributed by atoms with Gasteiger partial charge in [-0.25, -0.2) is 4.79 Å². The van der Waals surface area contributed by atoms with Gasteiger partial charge in [0.2, 0.25) is 0 Å². The number of hydrogen-bond donors (Lipinski definition) is 1. The molecule has 1 aromatic rings. The molecule has 0 saturated heterocycles. The molecule has 0 fully saturated rings. The predicted octanol–water partition coefficient (Wildman–Crippen LogP) is 1.60. The molecule has 2 N–H and O–H groups in total. The summed E-state index contributed by atoms with van der Waals surface area (Å²) < 4.78 is 29.9. The number of rotatable bonds is 0. The molecule has 19 heavy (non-hydrogen) atoms. The highest BCUT2D eigenvalue weighted by molar-refractivity contribution is 5.72. The Kier molecular flexibility index (Phi) is 2.72. The lowest BCUT2D eigenvalue weighted by Crippen LogP contribution is -2.40. The van der Waals surface area contributed by atoms with Gasteiger partial charge in [0.25, 0.3) is 5.92 Å². The minimum atomic E-state index is -2.86. The Bertz CT molecular complexity index is 526. The molecule has 0 aliphatic carbocycles. The fraction of sp³-hybridized carbons (Fsp3) is 0.667. The van der Waals surface area contributed by atoms with E-state index in [-0.39, 0.29) is 18.7 Å². The van der Waals surface area contributed by atoms with Crippen LogP contribution in [0.15, 0.2) is 0 Å². The number of aryl methyl sites for hydroxylation is 1. The van der Waals surface area contributed by atoms with Gasteiger partial charge in [-0.1, -0.05) is 0 Å². The average molecular weight is 270 g/mol. The standard InChI is InChI=1S/C12H16F2N4O/c13-12(14)4-1-2-5-18-10(12)8-7-17(11(15)19)6-3-9(8)16-18/h1-7H2,(H2,15,19). The van der Waals surface area contributed by atoms with Crippen molar-refractivity contribution in [3.05, 3.63) is 17.0 Å². The molecule has 0 unspecified atom stereocenters. The second kappa shape index (κ2) is 4.18. The highest BCUT2D eigenvalue weighted by atomic mass is 19.3. The summed E-state index contributed by atoms with van der Waals surface area (Å²) in [4.78, 5) is 12.6. The summed E-state index contributed by atoms with van der Waals surface area (Å²) in [6, 6.07) is -0.567. The molecule has 2 aliphatic heterocycles. The molecular weight excluding hydrogens is 254 g/mol. The number of nitrogens with zero attached hydrogens (tertiary/aromatic N) is 3. The zero-order valence-electron chi connectivity index (χ0n) is 10.5. The van der Waals surface area contributed by atoms with Crippen molar-refractivity contribution in [2.24, 2.45) is 5.73 Å². The van der Waals surface area contributed by atoms with Gasteiger partial charge in [-0.15, -0.1) is 0 Å². The highest BCUT2D eigenvalue weighted by Crippen LogP contribution is 2.40. The molecular formula is C12H16F2N4O. The number of carbonyl (C=O) groups is 1. The second-order valence-corrected chi connectivity index (χ2v) is 5.17.